The van der Waals surface area contributed by atoms with Crippen molar-refractivity contribution < 1.29 is 76.7 Å². The minimum absolute atomic E-state index is 0.0621. The maximum absolute atomic E-state index is 13.7. The van der Waals surface area contributed by atoms with E-state index in [0.29, 0.717) is 64.3 Å². The third-order valence-corrected chi connectivity index (χ3v) is 12.6. The van der Waals surface area contributed by atoms with Crippen LogP contribution in [-0.2, 0) is 46.6 Å². The molecular formula is C51H58N5O15+. The van der Waals surface area contributed by atoms with Crippen LogP contribution in [0.3, 0.4) is 0 Å². The molecule has 0 saturated carbocycles. The molecule has 20 heteroatoms. The van der Waals surface area contributed by atoms with Crippen molar-refractivity contribution in [3.8, 4) is 28.7 Å². The highest BCUT2D eigenvalue weighted by Gasteiger charge is 2.55. The first-order chi connectivity index (χ1) is 34.4. The van der Waals surface area contributed by atoms with Gasteiger partial charge in [-0.25, -0.2) is 19.2 Å². The molecule has 4 amide bonds. The molecule has 0 aliphatic carbocycles. The van der Waals surface area contributed by atoms with Gasteiger partial charge in [0.15, 0.2) is 23.0 Å². The molecule has 376 valence electrons. The average molecular weight is 981 g/mol. The van der Waals surface area contributed by atoms with Crippen molar-refractivity contribution in [1.29, 1.82) is 0 Å². The first kappa shape index (κ1) is 50.4. The lowest BCUT2D eigenvalue weighted by Crippen LogP contribution is -2.50. The summed E-state index contributed by atoms with van der Waals surface area (Å²) in [5.74, 6) is -0.863. The first-order valence-electron chi connectivity index (χ1n) is 23.5. The number of methoxy groups -OCH3 is 2. The van der Waals surface area contributed by atoms with Crippen LogP contribution in [-0.4, -0.2) is 147 Å². The molecule has 0 unspecified atom stereocenters. The fourth-order valence-electron chi connectivity index (χ4n) is 8.70. The standard InChI is InChI=1S/C51H58N5O15/c1-5-32-18-36-26-52-41-24-45(43(63-3)22-39(41)50(60)54(36)28-32)69-30-34-17-35(31-70-46-25-42-40(23-44(46)64-4)51(61)55-29-33(6-2)19-37(55)27-53-42)21-38(20-34)68-16-15-67-14-13-66-12-11-65-10-9-49(59)71-56(62)47(57)7-8-48(56)58/h5-6,17,20-27,36-37,62H,7-16,18-19,28-31H2,1-4H3/q+1/b32-5+,33-6+/t36-,37-/m0/s1. The van der Waals surface area contributed by atoms with Gasteiger partial charge in [0, 0.05) is 37.7 Å². The zero-order valence-corrected chi connectivity index (χ0v) is 40.2. The van der Waals surface area contributed by atoms with Crippen LogP contribution in [0.1, 0.15) is 77.8 Å². The molecule has 2 atom stereocenters. The van der Waals surface area contributed by atoms with E-state index in [1.54, 1.807) is 24.3 Å². The number of nitrogens with zero attached hydrogens (tertiary/aromatic N) is 5. The highest BCUT2D eigenvalue weighted by molar-refractivity contribution is 6.05. The summed E-state index contributed by atoms with van der Waals surface area (Å²) in [6.45, 7) is 6.51. The Morgan fingerprint density at radius 1 is 0.634 bits per heavy atom. The van der Waals surface area contributed by atoms with Gasteiger partial charge in [-0.3, -0.25) is 19.6 Å². The van der Waals surface area contributed by atoms with Crippen LogP contribution in [0, 0.1) is 0 Å². The van der Waals surface area contributed by atoms with Gasteiger partial charge in [-0.1, -0.05) is 23.3 Å². The molecule has 5 aliphatic heterocycles. The van der Waals surface area contributed by atoms with E-state index < -0.39 is 22.6 Å². The number of benzene rings is 3. The van der Waals surface area contributed by atoms with E-state index >= 15 is 0 Å². The summed E-state index contributed by atoms with van der Waals surface area (Å²) < 4.78 is 47.0. The van der Waals surface area contributed by atoms with E-state index in [4.69, 9.17) is 47.9 Å². The number of hydrogen-bond donors (Lipinski definition) is 1. The summed E-state index contributed by atoms with van der Waals surface area (Å²) >= 11 is 0. The minimum atomic E-state index is -1.96. The summed E-state index contributed by atoms with van der Waals surface area (Å²) in [4.78, 5) is 78.6. The Labute approximate surface area is 410 Å². The zero-order chi connectivity index (χ0) is 50.1. The number of carbonyl (C=O) groups is 5. The average Bonchev–Trinajstić information content (AvgIpc) is 4.02. The molecule has 0 bridgehead atoms. The van der Waals surface area contributed by atoms with Crippen LogP contribution in [0.2, 0.25) is 0 Å². The van der Waals surface area contributed by atoms with Gasteiger partial charge in [0.1, 0.15) is 30.4 Å². The molecule has 3 fully saturated rings. The molecule has 20 nitrogen and oxygen atoms in total. The number of imide groups is 1. The van der Waals surface area contributed by atoms with E-state index in [1.165, 1.54) is 25.4 Å². The number of amides is 4. The molecule has 0 radical (unpaired) electrons. The van der Waals surface area contributed by atoms with Crippen LogP contribution in [0.4, 0.5) is 11.4 Å². The third kappa shape index (κ3) is 11.6. The number of hydrogen-bond acceptors (Lipinski definition) is 17. The molecule has 3 aromatic rings. The van der Waals surface area contributed by atoms with Gasteiger partial charge < -0.3 is 47.7 Å². The maximum Gasteiger partial charge on any atom is 0.397 e. The Kier molecular flexibility index (Phi) is 16.2. The lowest BCUT2D eigenvalue weighted by Gasteiger charge is -2.20. The van der Waals surface area contributed by atoms with Crippen molar-refractivity contribution >= 4 is 53.4 Å². The van der Waals surface area contributed by atoms with Crippen molar-refractivity contribution in [3.63, 3.8) is 0 Å². The molecule has 1 N–H and O–H groups in total. The minimum Gasteiger partial charge on any atom is -0.493 e. The van der Waals surface area contributed by atoms with Gasteiger partial charge in [0.2, 0.25) is 0 Å². The van der Waals surface area contributed by atoms with Crippen LogP contribution < -0.4 is 23.7 Å². The van der Waals surface area contributed by atoms with Gasteiger partial charge in [-0.15, -0.1) is 0 Å². The number of quaternary nitrogens is 1. The monoisotopic (exact) mass is 980 g/mol. The summed E-state index contributed by atoms with van der Waals surface area (Å²) in [7, 11) is 3.05. The van der Waals surface area contributed by atoms with Gasteiger partial charge in [-0.2, -0.15) is 5.21 Å². The highest BCUT2D eigenvalue weighted by Crippen LogP contribution is 2.41. The largest absolute Gasteiger partial charge is 0.493 e. The zero-order valence-electron chi connectivity index (χ0n) is 40.2. The third-order valence-electron chi connectivity index (χ3n) is 12.6. The van der Waals surface area contributed by atoms with Crippen molar-refractivity contribution in [2.24, 2.45) is 9.98 Å². The number of allylic oxidation sites excluding steroid dienone is 2. The summed E-state index contributed by atoms with van der Waals surface area (Å²) in [6, 6.07) is 12.2. The maximum atomic E-state index is 13.7. The number of carbonyl (C=O) groups excluding carboxylic acids is 5. The molecule has 3 aromatic carbocycles. The Hall–Kier alpha value is -6.97. The van der Waals surface area contributed by atoms with E-state index in [9.17, 15) is 29.2 Å². The van der Waals surface area contributed by atoms with Crippen molar-refractivity contribution in [1.82, 2.24) is 9.80 Å². The molecule has 71 heavy (non-hydrogen) atoms. The second-order valence-electron chi connectivity index (χ2n) is 17.2. The number of fused-ring (bicyclic) bond motifs is 4. The molecular weight excluding hydrogens is 923 g/mol. The van der Waals surface area contributed by atoms with Gasteiger partial charge in [0.25, 0.3) is 11.8 Å². The number of rotatable bonds is 22. The first-order valence-corrected chi connectivity index (χ1v) is 23.5. The quantitative estimate of drug-likeness (QED) is 0.0405. The van der Waals surface area contributed by atoms with Crippen molar-refractivity contribution in [2.75, 3.05) is 73.6 Å². The van der Waals surface area contributed by atoms with Gasteiger partial charge in [-0.05, 0) is 68.1 Å². The Balaban J connectivity index is 0.880. The van der Waals surface area contributed by atoms with Crippen LogP contribution >= 0.6 is 0 Å². The highest BCUT2D eigenvalue weighted by atomic mass is 17.0. The molecule has 3 saturated heterocycles. The van der Waals surface area contributed by atoms with Crippen LogP contribution in [0.15, 0.2) is 75.7 Å². The Bertz CT molecular complexity index is 2510. The SMILES string of the molecule is C/C=C1\C[C@H]2C=Nc3cc(OCc4cc(COc5cc6c(cc5OC)C(=O)N5C/C(=C/C)C[C@H]5C=N6)cc(OCCOCCOCCOCCC(=O)O[N+]5(O)C(=O)CCC5=O)c4)c(OC)cc3C(=O)N2C1. The Morgan fingerprint density at radius 3 is 1.56 bits per heavy atom. The topological polar surface area (TPSA) is 220 Å². The lowest BCUT2D eigenvalue weighted by molar-refractivity contribution is -1.12. The second-order valence-corrected chi connectivity index (χ2v) is 17.2. The molecule has 5 heterocycles. The fraction of sp³-hybridized carbons (Fsp3) is 0.431. The smallest absolute Gasteiger partial charge is 0.397 e. The predicted octanol–water partition coefficient (Wildman–Crippen LogP) is 5.95. The van der Waals surface area contributed by atoms with E-state index in [1.807, 2.05) is 66.4 Å². The van der Waals surface area contributed by atoms with Crippen molar-refractivity contribution in [3.05, 3.63) is 88.0 Å². The molecule has 5 aliphatic rings. The Morgan fingerprint density at radius 2 is 1.10 bits per heavy atom. The summed E-state index contributed by atoms with van der Waals surface area (Å²) in [6.07, 6.45) is 8.54. The second kappa shape index (κ2) is 22.8. The van der Waals surface area contributed by atoms with E-state index in [2.05, 4.69) is 4.84 Å². The number of hydroxylamine groups is 4. The van der Waals surface area contributed by atoms with E-state index in [0.717, 1.165) is 24.0 Å². The van der Waals surface area contributed by atoms with Crippen LogP contribution in [0.5, 0.6) is 28.7 Å². The summed E-state index contributed by atoms with van der Waals surface area (Å²) in [5, 5.41) is 10.0. The van der Waals surface area contributed by atoms with Crippen LogP contribution in [0.25, 0.3) is 0 Å². The number of ether oxygens (including phenoxy) is 8. The normalized spacial score (nSPS) is 19.9. The predicted molar refractivity (Wildman–Crippen MR) is 254 cm³/mol. The van der Waals surface area contributed by atoms with Crippen molar-refractivity contribution in [2.45, 2.75) is 71.2 Å². The number of aliphatic imine (C=N–C) groups is 2. The van der Waals surface area contributed by atoms with E-state index in [-0.39, 0.29) is 103 Å². The van der Waals surface area contributed by atoms with Gasteiger partial charge in [0.05, 0.1) is 108 Å². The van der Waals surface area contributed by atoms with Gasteiger partial charge >= 0.3 is 17.8 Å². The molecule has 8 rings (SSSR count). The molecule has 0 aromatic heterocycles. The fourth-order valence-corrected chi connectivity index (χ4v) is 8.70. The summed E-state index contributed by atoms with van der Waals surface area (Å²) in [5.41, 5.74) is 5.71. The lowest BCUT2D eigenvalue weighted by atomic mass is 10.1. The molecule has 0 spiro atoms.